The Labute approximate surface area is 50.6 Å². The molecule has 2 atom stereocenters. The molecule has 0 aromatic carbocycles. The quantitative estimate of drug-likeness (QED) is 0.418. The van der Waals surface area contributed by atoms with E-state index in [0.29, 0.717) is 5.41 Å². The molecule has 0 spiro atoms. The Kier molecular flexibility index (Phi) is 0.677. The zero-order valence-electron chi connectivity index (χ0n) is 5.35. The molecule has 0 aromatic heterocycles. The maximum Gasteiger partial charge on any atom is -0.0115 e. The van der Waals surface area contributed by atoms with Gasteiger partial charge in [0, 0.05) is 0 Å². The molecular weight excluding hydrogens is 96.1 g/mol. The Hall–Kier alpha value is -0.260. The summed E-state index contributed by atoms with van der Waals surface area (Å²) in [5, 5.41) is 0. The van der Waals surface area contributed by atoms with Crippen LogP contribution >= 0.6 is 0 Å². The molecule has 0 unspecified atom stereocenters. The zero-order chi connectivity index (χ0) is 5.61. The third kappa shape index (κ3) is 0.460. The van der Waals surface area contributed by atoms with Crippen molar-refractivity contribution in [1.82, 2.24) is 0 Å². The summed E-state index contributed by atoms with van der Waals surface area (Å²) in [6.45, 7) is 2.37. The predicted molar refractivity (Wildman–Crippen MR) is 34.6 cm³/mol. The lowest BCUT2D eigenvalue weighted by Crippen LogP contribution is -1.96. The maximum atomic E-state index is 2.40. The highest BCUT2D eigenvalue weighted by Crippen LogP contribution is 2.57. The van der Waals surface area contributed by atoms with E-state index in [1.807, 2.05) is 0 Å². The van der Waals surface area contributed by atoms with Crippen molar-refractivity contribution >= 4 is 0 Å². The molecule has 0 aromatic rings. The fourth-order valence-electron chi connectivity index (χ4n) is 1.76. The molecular formula is C8H12. The monoisotopic (exact) mass is 108 g/mol. The molecule has 0 bridgehead atoms. The largest absolute Gasteiger partial charge is 0.0880 e. The minimum absolute atomic E-state index is 0.665. The van der Waals surface area contributed by atoms with Crippen molar-refractivity contribution in [3.8, 4) is 0 Å². The highest BCUT2D eigenvalue weighted by Gasteiger charge is 2.48. The highest BCUT2D eigenvalue weighted by atomic mass is 14.5. The summed E-state index contributed by atoms with van der Waals surface area (Å²) in [7, 11) is 0. The highest BCUT2D eigenvalue weighted by molar-refractivity contribution is 5.15. The fraction of sp³-hybridized carbons (Fsp3) is 0.750. The van der Waals surface area contributed by atoms with E-state index >= 15 is 0 Å². The van der Waals surface area contributed by atoms with Gasteiger partial charge in [0.25, 0.3) is 0 Å². The van der Waals surface area contributed by atoms with Crippen molar-refractivity contribution in [3.63, 3.8) is 0 Å². The molecule has 2 aliphatic rings. The number of fused-ring (bicyclic) bond motifs is 1. The van der Waals surface area contributed by atoms with Crippen LogP contribution in [0, 0.1) is 11.3 Å². The molecule has 8 heavy (non-hydrogen) atoms. The first kappa shape index (κ1) is 4.60. The molecule has 0 saturated heterocycles. The van der Waals surface area contributed by atoms with Crippen LogP contribution in [-0.2, 0) is 0 Å². The van der Waals surface area contributed by atoms with Gasteiger partial charge in [-0.15, -0.1) is 0 Å². The average Bonchev–Trinajstić information content (AvgIpc) is 2.39. The van der Waals surface area contributed by atoms with Gasteiger partial charge < -0.3 is 0 Å². The predicted octanol–water partition coefficient (Wildman–Crippen LogP) is 2.36. The van der Waals surface area contributed by atoms with Crippen LogP contribution in [0.1, 0.15) is 26.2 Å². The van der Waals surface area contributed by atoms with Gasteiger partial charge in [0.05, 0.1) is 0 Å². The van der Waals surface area contributed by atoms with Gasteiger partial charge in [-0.1, -0.05) is 19.1 Å². The summed E-state index contributed by atoms with van der Waals surface area (Å²) < 4.78 is 0. The van der Waals surface area contributed by atoms with Gasteiger partial charge in [-0.3, -0.25) is 0 Å². The van der Waals surface area contributed by atoms with Crippen molar-refractivity contribution in [2.75, 3.05) is 0 Å². The average molecular weight is 108 g/mol. The molecule has 0 nitrogen and oxygen atoms in total. The lowest BCUT2D eigenvalue weighted by Gasteiger charge is -2.07. The lowest BCUT2D eigenvalue weighted by atomic mass is 9.98. The standard InChI is InChI=1S/C8H12/c1-8-5-3-2-4-7(8)6-8/h3,5,7H,2,4,6H2,1H3/t7-,8-/m0/s1. The summed E-state index contributed by atoms with van der Waals surface area (Å²) in [5.41, 5.74) is 0.665. The first-order valence-corrected chi connectivity index (χ1v) is 3.49. The molecule has 2 aliphatic carbocycles. The van der Waals surface area contributed by atoms with Crippen LogP contribution in [0.25, 0.3) is 0 Å². The molecule has 0 heteroatoms. The summed E-state index contributed by atoms with van der Waals surface area (Å²) in [6.07, 6.45) is 8.99. The Morgan fingerprint density at radius 3 is 3.00 bits per heavy atom. The normalized spacial score (nSPS) is 50.9. The Morgan fingerprint density at radius 2 is 2.50 bits per heavy atom. The number of hydrogen-bond donors (Lipinski definition) is 0. The smallest absolute Gasteiger partial charge is 0.0115 e. The van der Waals surface area contributed by atoms with Crippen LogP contribution in [0.2, 0.25) is 0 Å². The molecule has 0 aliphatic heterocycles. The summed E-state index contributed by atoms with van der Waals surface area (Å²) in [6, 6.07) is 0. The second kappa shape index (κ2) is 1.18. The van der Waals surface area contributed by atoms with E-state index < -0.39 is 0 Å². The van der Waals surface area contributed by atoms with Gasteiger partial charge in [0.2, 0.25) is 0 Å². The first-order chi connectivity index (χ1) is 3.81. The van der Waals surface area contributed by atoms with Gasteiger partial charge in [-0.05, 0) is 30.6 Å². The summed E-state index contributed by atoms with van der Waals surface area (Å²) in [5.74, 6) is 1.06. The third-order valence-corrected chi connectivity index (χ3v) is 2.64. The van der Waals surface area contributed by atoms with Crippen LogP contribution in [0.15, 0.2) is 12.2 Å². The van der Waals surface area contributed by atoms with Crippen molar-refractivity contribution in [2.45, 2.75) is 26.2 Å². The van der Waals surface area contributed by atoms with E-state index in [-0.39, 0.29) is 0 Å². The molecule has 0 radical (unpaired) electrons. The minimum atomic E-state index is 0.665. The first-order valence-electron chi connectivity index (χ1n) is 3.49. The molecule has 0 amide bonds. The van der Waals surface area contributed by atoms with Gasteiger partial charge in [0.1, 0.15) is 0 Å². The molecule has 1 saturated carbocycles. The molecule has 44 valence electrons. The van der Waals surface area contributed by atoms with E-state index in [1.165, 1.54) is 19.3 Å². The van der Waals surface area contributed by atoms with Crippen molar-refractivity contribution in [2.24, 2.45) is 11.3 Å². The minimum Gasteiger partial charge on any atom is -0.0880 e. The third-order valence-electron chi connectivity index (χ3n) is 2.64. The van der Waals surface area contributed by atoms with Crippen LogP contribution in [-0.4, -0.2) is 0 Å². The number of allylic oxidation sites excluding steroid dienone is 2. The van der Waals surface area contributed by atoms with Crippen molar-refractivity contribution in [1.29, 1.82) is 0 Å². The summed E-state index contributed by atoms with van der Waals surface area (Å²) >= 11 is 0. The zero-order valence-corrected chi connectivity index (χ0v) is 5.35. The van der Waals surface area contributed by atoms with E-state index in [4.69, 9.17) is 0 Å². The Morgan fingerprint density at radius 1 is 1.62 bits per heavy atom. The van der Waals surface area contributed by atoms with E-state index in [2.05, 4.69) is 19.1 Å². The SMILES string of the molecule is C[C@@]12C=CCC[C@H]1C2. The summed E-state index contributed by atoms with van der Waals surface area (Å²) in [4.78, 5) is 0. The topological polar surface area (TPSA) is 0 Å². The Bertz CT molecular complexity index is 133. The van der Waals surface area contributed by atoms with E-state index in [0.717, 1.165) is 5.92 Å². The fourth-order valence-corrected chi connectivity index (χ4v) is 1.76. The van der Waals surface area contributed by atoms with Gasteiger partial charge in [-0.25, -0.2) is 0 Å². The lowest BCUT2D eigenvalue weighted by molar-refractivity contribution is 0.565. The Balaban J connectivity index is 2.22. The molecule has 0 N–H and O–H groups in total. The van der Waals surface area contributed by atoms with E-state index in [1.54, 1.807) is 0 Å². The van der Waals surface area contributed by atoms with Gasteiger partial charge in [0.15, 0.2) is 0 Å². The van der Waals surface area contributed by atoms with Crippen LogP contribution < -0.4 is 0 Å². The van der Waals surface area contributed by atoms with Gasteiger partial charge in [-0.2, -0.15) is 0 Å². The van der Waals surface area contributed by atoms with Crippen molar-refractivity contribution in [3.05, 3.63) is 12.2 Å². The second-order valence-corrected chi connectivity index (χ2v) is 3.39. The van der Waals surface area contributed by atoms with Crippen LogP contribution in [0.3, 0.4) is 0 Å². The van der Waals surface area contributed by atoms with E-state index in [9.17, 15) is 0 Å². The van der Waals surface area contributed by atoms with Crippen LogP contribution in [0.5, 0.6) is 0 Å². The van der Waals surface area contributed by atoms with Crippen LogP contribution in [0.4, 0.5) is 0 Å². The number of hydrogen-bond acceptors (Lipinski definition) is 0. The molecule has 1 fully saturated rings. The molecule has 0 heterocycles. The second-order valence-electron chi connectivity index (χ2n) is 3.39. The maximum absolute atomic E-state index is 2.40. The number of rotatable bonds is 0. The van der Waals surface area contributed by atoms with Gasteiger partial charge >= 0.3 is 0 Å². The molecule has 2 rings (SSSR count). The van der Waals surface area contributed by atoms with Crippen molar-refractivity contribution < 1.29 is 0 Å².